The zero-order valence-electron chi connectivity index (χ0n) is 12.0. The third kappa shape index (κ3) is 3.48. The maximum Gasteiger partial charge on any atom is 0.136 e. The lowest BCUT2D eigenvalue weighted by Crippen LogP contribution is -2.04. The fourth-order valence-corrected chi connectivity index (χ4v) is 2.27. The van der Waals surface area contributed by atoms with Crippen LogP contribution in [0.2, 0.25) is 0 Å². The van der Waals surface area contributed by atoms with Crippen molar-refractivity contribution in [2.24, 2.45) is 0 Å². The second kappa shape index (κ2) is 6.70. The molecule has 106 valence electrons. The average Bonchev–Trinajstić information content (AvgIpc) is 2.44. The second-order valence-electron chi connectivity index (χ2n) is 4.62. The number of halogens is 1. The van der Waals surface area contributed by atoms with Gasteiger partial charge in [0, 0.05) is 24.0 Å². The van der Waals surface area contributed by atoms with E-state index in [1.54, 1.807) is 0 Å². The summed E-state index contributed by atoms with van der Waals surface area (Å²) in [5.41, 5.74) is 2.19. The summed E-state index contributed by atoms with van der Waals surface area (Å²) in [6.07, 6.45) is 1.90. The largest absolute Gasteiger partial charge is 0.373 e. The van der Waals surface area contributed by atoms with Gasteiger partial charge in [-0.25, -0.2) is 9.97 Å². The van der Waals surface area contributed by atoms with Crippen molar-refractivity contribution in [1.29, 1.82) is 0 Å². The Bertz CT molecular complexity index is 598. The topological polar surface area (TPSA) is 49.8 Å². The fraction of sp³-hybridized carbons (Fsp3) is 0.333. The van der Waals surface area contributed by atoms with E-state index >= 15 is 0 Å². The van der Waals surface area contributed by atoms with E-state index in [9.17, 15) is 0 Å². The third-order valence-electron chi connectivity index (χ3n) is 2.96. The molecular weight excluding hydrogens is 316 g/mol. The van der Waals surface area contributed by atoms with Gasteiger partial charge in [0.2, 0.25) is 0 Å². The monoisotopic (exact) mass is 334 g/mol. The highest BCUT2D eigenvalue weighted by atomic mass is 79.9. The van der Waals surface area contributed by atoms with Gasteiger partial charge in [-0.3, -0.25) is 0 Å². The molecule has 0 spiro atoms. The van der Waals surface area contributed by atoms with Gasteiger partial charge < -0.3 is 10.6 Å². The van der Waals surface area contributed by atoms with E-state index < -0.39 is 0 Å². The smallest absolute Gasteiger partial charge is 0.136 e. The number of anilines is 3. The molecule has 1 aromatic carbocycles. The van der Waals surface area contributed by atoms with E-state index in [1.165, 1.54) is 5.56 Å². The lowest BCUT2D eigenvalue weighted by Gasteiger charge is -2.12. The van der Waals surface area contributed by atoms with Gasteiger partial charge in [-0.2, -0.15) is 0 Å². The average molecular weight is 335 g/mol. The minimum atomic E-state index is 0.805. The van der Waals surface area contributed by atoms with Gasteiger partial charge in [0.1, 0.15) is 17.5 Å². The first-order chi connectivity index (χ1) is 9.63. The summed E-state index contributed by atoms with van der Waals surface area (Å²) in [5.74, 6) is 2.49. The summed E-state index contributed by atoms with van der Waals surface area (Å²) in [6.45, 7) is 4.19. The van der Waals surface area contributed by atoms with Gasteiger partial charge in [-0.15, -0.1) is 0 Å². The SMILES string of the molecule is CCCc1nc(NC)cc(Nc2cccc(C)c2Br)n1. The first-order valence-electron chi connectivity index (χ1n) is 6.72. The van der Waals surface area contributed by atoms with Crippen molar-refractivity contribution in [1.82, 2.24) is 9.97 Å². The number of rotatable bonds is 5. The van der Waals surface area contributed by atoms with Gasteiger partial charge in [-0.05, 0) is 40.9 Å². The van der Waals surface area contributed by atoms with Crippen molar-refractivity contribution >= 4 is 33.3 Å². The second-order valence-corrected chi connectivity index (χ2v) is 5.41. The fourth-order valence-electron chi connectivity index (χ4n) is 1.91. The summed E-state index contributed by atoms with van der Waals surface area (Å²) in [6, 6.07) is 8.03. The summed E-state index contributed by atoms with van der Waals surface area (Å²) < 4.78 is 1.06. The van der Waals surface area contributed by atoms with Gasteiger partial charge in [0.15, 0.2) is 0 Å². The van der Waals surface area contributed by atoms with E-state index in [1.807, 2.05) is 25.2 Å². The molecule has 0 aliphatic carbocycles. The Balaban J connectivity index is 2.32. The molecule has 2 rings (SSSR count). The first-order valence-corrected chi connectivity index (χ1v) is 7.51. The van der Waals surface area contributed by atoms with Crippen molar-refractivity contribution in [3.05, 3.63) is 40.1 Å². The summed E-state index contributed by atoms with van der Waals surface area (Å²) in [7, 11) is 1.87. The first kappa shape index (κ1) is 14.8. The van der Waals surface area contributed by atoms with Crippen LogP contribution in [0.5, 0.6) is 0 Å². The Morgan fingerprint density at radius 2 is 1.95 bits per heavy atom. The van der Waals surface area contributed by atoms with Crippen LogP contribution in [0, 0.1) is 6.92 Å². The van der Waals surface area contributed by atoms with Crippen LogP contribution in [-0.2, 0) is 6.42 Å². The molecule has 2 N–H and O–H groups in total. The maximum atomic E-state index is 4.55. The minimum absolute atomic E-state index is 0.805. The molecule has 5 heteroatoms. The van der Waals surface area contributed by atoms with Gasteiger partial charge in [0.05, 0.1) is 5.69 Å². The van der Waals surface area contributed by atoms with Crippen LogP contribution in [0.1, 0.15) is 24.7 Å². The molecule has 2 aromatic rings. The van der Waals surface area contributed by atoms with Crippen LogP contribution in [0.3, 0.4) is 0 Å². The number of aromatic nitrogens is 2. The van der Waals surface area contributed by atoms with Gasteiger partial charge in [-0.1, -0.05) is 19.1 Å². The van der Waals surface area contributed by atoms with Gasteiger partial charge >= 0.3 is 0 Å². The van der Waals surface area contributed by atoms with E-state index in [0.29, 0.717) is 0 Å². The Morgan fingerprint density at radius 3 is 2.65 bits per heavy atom. The Hall–Kier alpha value is -1.62. The molecule has 0 radical (unpaired) electrons. The molecule has 0 saturated heterocycles. The number of benzene rings is 1. The van der Waals surface area contributed by atoms with Crippen LogP contribution in [-0.4, -0.2) is 17.0 Å². The molecule has 0 saturated carbocycles. The molecule has 1 aromatic heterocycles. The summed E-state index contributed by atoms with van der Waals surface area (Å²) >= 11 is 3.60. The van der Waals surface area contributed by atoms with Crippen LogP contribution in [0.4, 0.5) is 17.3 Å². The molecule has 0 aliphatic rings. The molecular formula is C15H19BrN4. The molecule has 0 unspecified atom stereocenters. The van der Waals surface area contributed by atoms with Crippen LogP contribution in [0.15, 0.2) is 28.7 Å². The standard InChI is InChI=1S/C15H19BrN4/c1-4-6-12-19-13(17-3)9-14(20-12)18-11-8-5-7-10(2)15(11)16/h5,7-9H,4,6H2,1-3H3,(H2,17,18,19,20). The Kier molecular flexibility index (Phi) is 4.95. The third-order valence-corrected chi connectivity index (χ3v) is 4.01. The molecule has 20 heavy (non-hydrogen) atoms. The van der Waals surface area contributed by atoms with Crippen molar-refractivity contribution in [2.75, 3.05) is 17.7 Å². The molecule has 0 amide bonds. The number of hydrogen-bond acceptors (Lipinski definition) is 4. The predicted molar refractivity (Wildman–Crippen MR) is 87.7 cm³/mol. The highest BCUT2D eigenvalue weighted by Gasteiger charge is 2.07. The molecule has 4 nitrogen and oxygen atoms in total. The zero-order valence-corrected chi connectivity index (χ0v) is 13.6. The quantitative estimate of drug-likeness (QED) is 0.856. The van der Waals surface area contributed by atoms with Crippen molar-refractivity contribution in [3.8, 4) is 0 Å². The summed E-state index contributed by atoms with van der Waals surface area (Å²) in [4.78, 5) is 9.00. The normalized spacial score (nSPS) is 10.4. The maximum absolute atomic E-state index is 4.55. The van der Waals surface area contributed by atoms with E-state index in [0.717, 1.165) is 40.5 Å². The van der Waals surface area contributed by atoms with Crippen molar-refractivity contribution in [3.63, 3.8) is 0 Å². The Labute approximate surface area is 128 Å². The van der Waals surface area contributed by atoms with Crippen LogP contribution < -0.4 is 10.6 Å². The molecule has 0 bridgehead atoms. The molecule has 1 heterocycles. The van der Waals surface area contributed by atoms with E-state index in [-0.39, 0.29) is 0 Å². The summed E-state index contributed by atoms with van der Waals surface area (Å²) in [5, 5.41) is 6.42. The lowest BCUT2D eigenvalue weighted by molar-refractivity contribution is 0.838. The van der Waals surface area contributed by atoms with Crippen LogP contribution in [0.25, 0.3) is 0 Å². The highest BCUT2D eigenvalue weighted by molar-refractivity contribution is 9.10. The van der Waals surface area contributed by atoms with Crippen LogP contribution >= 0.6 is 15.9 Å². The number of aryl methyl sites for hydroxylation is 2. The Morgan fingerprint density at radius 1 is 1.20 bits per heavy atom. The van der Waals surface area contributed by atoms with Gasteiger partial charge in [0.25, 0.3) is 0 Å². The molecule has 0 atom stereocenters. The number of hydrogen-bond donors (Lipinski definition) is 2. The van der Waals surface area contributed by atoms with E-state index in [2.05, 4.69) is 56.4 Å². The van der Waals surface area contributed by atoms with E-state index in [4.69, 9.17) is 0 Å². The zero-order chi connectivity index (χ0) is 14.5. The molecule has 0 fully saturated rings. The number of nitrogens with zero attached hydrogens (tertiary/aromatic N) is 2. The minimum Gasteiger partial charge on any atom is -0.373 e. The predicted octanol–water partition coefficient (Wildman–Crippen LogP) is 4.29. The highest BCUT2D eigenvalue weighted by Crippen LogP contribution is 2.28. The molecule has 0 aliphatic heterocycles. The van der Waals surface area contributed by atoms with Crippen molar-refractivity contribution in [2.45, 2.75) is 26.7 Å². The lowest BCUT2D eigenvalue weighted by atomic mass is 10.2. The number of nitrogens with one attached hydrogen (secondary N) is 2. The van der Waals surface area contributed by atoms with Crippen molar-refractivity contribution < 1.29 is 0 Å².